The summed E-state index contributed by atoms with van der Waals surface area (Å²) in [5.41, 5.74) is 0. The van der Waals surface area contributed by atoms with Gasteiger partial charge in [0, 0.05) is 22.8 Å². The quantitative estimate of drug-likeness (QED) is 0.161. The average Bonchev–Trinajstić information content (AvgIpc) is 2.56. The first-order chi connectivity index (χ1) is 11.5. The Morgan fingerprint density at radius 3 is 1.33 bits per heavy atom. The number of halogens is 5. The van der Waals surface area contributed by atoms with Crippen LogP contribution in [0.2, 0.25) is 0 Å². The predicted molar refractivity (Wildman–Crippen MR) is 120 cm³/mol. The van der Waals surface area contributed by atoms with Crippen molar-refractivity contribution in [1.29, 1.82) is 0 Å². The fourth-order valence-electron chi connectivity index (χ4n) is 2.20. The summed E-state index contributed by atoms with van der Waals surface area (Å²) >= 11 is 7.00. The van der Waals surface area contributed by atoms with Gasteiger partial charge in [0.1, 0.15) is 11.6 Å². The van der Waals surface area contributed by atoms with E-state index in [1.54, 1.807) is 24.3 Å². The van der Waals surface area contributed by atoms with Crippen LogP contribution in [0.25, 0.3) is 0 Å². The second-order valence-electron chi connectivity index (χ2n) is 4.91. The van der Waals surface area contributed by atoms with E-state index in [0.29, 0.717) is 0 Å². The van der Waals surface area contributed by atoms with E-state index < -0.39 is 10.9 Å². The second kappa shape index (κ2) is 8.17. The van der Waals surface area contributed by atoms with Crippen molar-refractivity contribution in [2.75, 3.05) is 0 Å². The molecule has 0 N–H and O–H groups in total. The summed E-state index contributed by atoms with van der Waals surface area (Å²) in [4.78, 5) is 3.16. The zero-order valence-electron chi connectivity index (χ0n) is 12.1. The van der Waals surface area contributed by atoms with Crippen molar-refractivity contribution < 1.29 is 8.78 Å². The monoisotopic (exact) mass is 677 g/mol. The molecule has 6 heteroatoms. The van der Waals surface area contributed by atoms with E-state index in [1.165, 1.54) is 35.0 Å². The molecule has 0 saturated heterocycles. The smallest absolute Gasteiger partial charge is 0.168 e. The summed E-state index contributed by atoms with van der Waals surface area (Å²) in [6.45, 7) is 0. The Balaban J connectivity index is 2.18. The molecule has 3 aromatic carbocycles. The van der Waals surface area contributed by atoms with E-state index in [4.69, 9.17) is 0 Å². The number of hydrogen-bond acceptors (Lipinski definition) is 0. The molecule has 0 aliphatic carbocycles. The summed E-state index contributed by atoms with van der Waals surface area (Å²) in [6, 6.07) is 17.4. The molecule has 0 fully saturated rings. The zero-order chi connectivity index (χ0) is 17.3. The van der Waals surface area contributed by atoms with Crippen LogP contribution >= 0.6 is 67.8 Å². The van der Waals surface area contributed by atoms with Crippen molar-refractivity contribution in [3.05, 3.63) is 83.0 Å². The first-order valence-electron chi connectivity index (χ1n) is 6.85. The minimum absolute atomic E-state index is 0.256. The largest absolute Gasteiger partial charge is 0.207 e. The van der Waals surface area contributed by atoms with Crippen LogP contribution in [0.1, 0.15) is 0 Å². The second-order valence-corrected chi connectivity index (χ2v) is 10.3. The normalized spacial score (nSPS) is 11.1. The van der Waals surface area contributed by atoms with E-state index in [0.717, 1.165) is 14.7 Å². The highest BCUT2D eigenvalue weighted by molar-refractivity contribution is 14.1. The molecule has 0 amide bonds. The Bertz CT molecular complexity index is 796. The SMILES string of the molecule is Fc1ccc([S+](c2ccc(F)cc2)c2cc(I)c(I)c(I)c2)cc1. The van der Waals surface area contributed by atoms with Crippen LogP contribution in [0.15, 0.2) is 75.4 Å². The molecule has 0 atom stereocenters. The molecule has 0 aliphatic heterocycles. The molecule has 0 nitrogen and oxygen atoms in total. The van der Waals surface area contributed by atoms with Gasteiger partial charge >= 0.3 is 0 Å². The minimum atomic E-state index is -0.406. The van der Waals surface area contributed by atoms with Crippen molar-refractivity contribution >= 4 is 78.7 Å². The standard InChI is InChI=1S/C18H10F2I3S/c19-11-1-5-13(6-2-11)24(14-7-3-12(20)4-8-14)15-9-16(21)18(23)17(22)10-15/h1-10H/q+1. The fraction of sp³-hybridized carbons (Fsp3) is 0. The first-order valence-corrected chi connectivity index (χ1v) is 11.3. The lowest BCUT2D eigenvalue weighted by Gasteiger charge is -2.10. The molecule has 3 aromatic rings. The zero-order valence-corrected chi connectivity index (χ0v) is 19.4. The van der Waals surface area contributed by atoms with Crippen molar-refractivity contribution in [2.24, 2.45) is 0 Å². The highest BCUT2D eigenvalue weighted by atomic mass is 127. The van der Waals surface area contributed by atoms with E-state index in [2.05, 4.69) is 79.9 Å². The van der Waals surface area contributed by atoms with Gasteiger partial charge in [-0.25, -0.2) is 8.78 Å². The molecule has 3 rings (SSSR count). The molecule has 0 aliphatic rings. The van der Waals surface area contributed by atoms with Crippen molar-refractivity contribution in [1.82, 2.24) is 0 Å². The van der Waals surface area contributed by atoms with Crippen molar-refractivity contribution in [2.45, 2.75) is 14.7 Å². The van der Waals surface area contributed by atoms with Crippen LogP contribution < -0.4 is 0 Å². The Kier molecular flexibility index (Phi) is 6.41. The lowest BCUT2D eigenvalue weighted by atomic mass is 10.3. The summed E-state index contributed by atoms with van der Waals surface area (Å²) in [5.74, 6) is -0.513. The Morgan fingerprint density at radius 1 is 0.583 bits per heavy atom. The number of rotatable bonds is 3. The maximum atomic E-state index is 13.3. The molecule has 0 aromatic heterocycles. The highest BCUT2D eigenvalue weighted by Crippen LogP contribution is 2.34. The third-order valence-corrected chi connectivity index (χ3v) is 10.4. The Morgan fingerprint density at radius 2 is 0.958 bits per heavy atom. The van der Waals surface area contributed by atoms with Gasteiger partial charge in [-0.05, 0) is 116 Å². The molecule has 122 valence electrons. The van der Waals surface area contributed by atoms with Gasteiger partial charge in [0.05, 0.1) is 10.9 Å². The van der Waals surface area contributed by atoms with E-state index in [-0.39, 0.29) is 11.6 Å². The third-order valence-electron chi connectivity index (χ3n) is 3.29. The lowest BCUT2D eigenvalue weighted by molar-refractivity contribution is 0.626. The molecule has 0 saturated carbocycles. The molecule has 0 radical (unpaired) electrons. The number of benzene rings is 3. The fourth-order valence-corrected chi connectivity index (χ4v) is 6.81. The van der Waals surface area contributed by atoms with Gasteiger partial charge in [-0.1, -0.05) is 0 Å². The summed E-state index contributed by atoms with van der Waals surface area (Å²) < 4.78 is 30.3. The highest BCUT2D eigenvalue weighted by Gasteiger charge is 2.30. The van der Waals surface area contributed by atoms with Crippen LogP contribution in [-0.2, 0) is 10.9 Å². The molecule has 0 bridgehead atoms. The summed E-state index contributed by atoms with van der Waals surface area (Å²) in [7, 11) is -0.406. The molecule has 0 unspecified atom stereocenters. The van der Waals surface area contributed by atoms with Gasteiger partial charge in [-0.15, -0.1) is 0 Å². The van der Waals surface area contributed by atoms with Crippen LogP contribution in [0, 0.1) is 22.3 Å². The number of hydrogen-bond donors (Lipinski definition) is 0. The third kappa shape index (κ3) is 4.24. The Hall–Kier alpha value is 0.0600. The molecular formula is C18H10F2I3S+. The Labute approximate surface area is 183 Å². The van der Waals surface area contributed by atoms with Crippen molar-refractivity contribution in [3.8, 4) is 0 Å². The lowest BCUT2D eigenvalue weighted by Crippen LogP contribution is -2.06. The van der Waals surface area contributed by atoms with Crippen LogP contribution in [0.3, 0.4) is 0 Å². The maximum Gasteiger partial charge on any atom is 0.168 e. The van der Waals surface area contributed by atoms with Crippen molar-refractivity contribution in [3.63, 3.8) is 0 Å². The van der Waals surface area contributed by atoms with Gasteiger partial charge in [-0.3, -0.25) is 0 Å². The predicted octanol–water partition coefficient (Wildman–Crippen LogP) is 6.87. The minimum Gasteiger partial charge on any atom is -0.207 e. The molecule has 24 heavy (non-hydrogen) atoms. The van der Waals surface area contributed by atoms with E-state index in [9.17, 15) is 8.78 Å². The van der Waals surface area contributed by atoms with E-state index in [1.807, 2.05) is 0 Å². The maximum absolute atomic E-state index is 13.3. The molecule has 0 heterocycles. The van der Waals surface area contributed by atoms with Crippen LogP contribution in [0.5, 0.6) is 0 Å². The summed E-state index contributed by atoms with van der Waals surface area (Å²) in [5, 5.41) is 0. The average molecular weight is 677 g/mol. The first kappa shape index (κ1) is 18.8. The van der Waals surface area contributed by atoms with E-state index >= 15 is 0 Å². The summed E-state index contributed by atoms with van der Waals surface area (Å²) in [6.07, 6.45) is 0. The van der Waals surface area contributed by atoms with Crippen LogP contribution in [-0.4, -0.2) is 0 Å². The molecular weight excluding hydrogens is 667 g/mol. The van der Waals surface area contributed by atoms with Crippen LogP contribution in [0.4, 0.5) is 8.78 Å². The topological polar surface area (TPSA) is 0 Å². The van der Waals surface area contributed by atoms with Gasteiger partial charge < -0.3 is 0 Å². The molecule has 0 spiro atoms. The van der Waals surface area contributed by atoms with Gasteiger partial charge in [0.2, 0.25) is 0 Å². The van der Waals surface area contributed by atoms with Gasteiger partial charge in [0.15, 0.2) is 14.7 Å². The van der Waals surface area contributed by atoms with Gasteiger partial charge in [-0.2, -0.15) is 0 Å². The van der Waals surface area contributed by atoms with Gasteiger partial charge in [0.25, 0.3) is 0 Å².